The van der Waals surface area contributed by atoms with Crippen molar-refractivity contribution in [2.45, 2.75) is 77.8 Å². The Balaban J connectivity index is 2.44. The largest absolute Gasteiger partial charge is 0.462 e. The van der Waals surface area contributed by atoms with Gasteiger partial charge in [0.2, 0.25) is 0 Å². The molecule has 0 bridgehead atoms. The zero-order chi connectivity index (χ0) is 18.8. The summed E-state index contributed by atoms with van der Waals surface area (Å²) in [5.74, 6) is -1.00. The number of carbonyl (C=O) groups is 3. The van der Waals surface area contributed by atoms with Crippen LogP contribution in [0.15, 0.2) is 11.6 Å². The quantitative estimate of drug-likeness (QED) is 0.335. The summed E-state index contributed by atoms with van der Waals surface area (Å²) in [6, 6.07) is 0. The molecule has 1 aliphatic carbocycles. The highest BCUT2D eigenvalue weighted by Gasteiger charge is 2.59. The molecular formula is C19H28O6. The SMILES string of the molecule is CC(=O)O[C@H]1/C=C(\C)CC[C@H]2O[C@@]2(C=O)C[C@@H](OC(C)=O)[C@@H]1C(C)C. The Bertz CT molecular complexity index is 566. The molecule has 0 aromatic carbocycles. The predicted molar refractivity (Wildman–Crippen MR) is 90.7 cm³/mol. The van der Waals surface area contributed by atoms with Gasteiger partial charge >= 0.3 is 11.9 Å². The fraction of sp³-hybridized carbons (Fsp3) is 0.737. The van der Waals surface area contributed by atoms with Crippen LogP contribution < -0.4 is 0 Å². The molecule has 6 nitrogen and oxygen atoms in total. The van der Waals surface area contributed by atoms with E-state index in [1.54, 1.807) is 0 Å². The molecule has 0 unspecified atom stereocenters. The Kier molecular flexibility index (Phi) is 6.03. The van der Waals surface area contributed by atoms with Gasteiger partial charge in [-0.15, -0.1) is 0 Å². The first kappa shape index (κ1) is 19.6. The van der Waals surface area contributed by atoms with Gasteiger partial charge in [0.25, 0.3) is 0 Å². The van der Waals surface area contributed by atoms with E-state index in [2.05, 4.69) is 0 Å². The van der Waals surface area contributed by atoms with Crippen LogP contribution in [0.5, 0.6) is 0 Å². The molecule has 140 valence electrons. The van der Waals surface area contributed by atoms with E-state index in [1.807, 2.05) is 26.8 Å². The number of epoxide rings is 1. The van der Waals surface area contributed by atoms with Crippen LogP contribution in [0.4, 0.5) is 0 Å². The van der Waals surface area contributed by atoms with E-state index in [0.29, 0.717) is 6.42 Å². The maximum atomic E-state index is 11.7. The monoisotopic (exact) mass is 352 g/mol. The van der Waals surface area contributed by atoms with Crippen molar-refractivity contribution in [3.63, 3.8) is 0 Å². The summed E-state index contributed by atoms with van der Waals surface area (Å²) in [4.78, 5) is 35.0. The molecule has 0 amide bonds. The molecule has 0 aromatic heterocycles. The topological polar surface area (TPSA) is 82.2 Å². The van der Waals surface area contributed by atoms with Gasteiger partial charge < -0.3 is 19.0 Å². The number of ether oxygens (including phenoxy) is 3. The fourth-order valence-corrected chi connectivity index (χ4v) is 3.81. The standard InChI is InChI=1S/C19H28O6/c1-11(2)18-15(23-13(4)21)8-12(3)6-7-17-19(10-20,25-17)9-16(18)24-14(5)22/h8,10-11,15-18H,6-7,9H2,1-5H3/b12-8+/t15-,16+,17+,18+,19+/m0/s1. The molecule has 0 radical (unpaired) electrons. The molecule has 25 heavy (non-hydrogen) atoms. The Morgan fingerprint density at radius 1 is 1.28 bits per heavy atom. The van der Waals surface area contributed by atoms with E-state index in [9.17, 15) is 14.4 Å². The lowest BCUT2D eigenvalue weighted by Crippen LogP contribution is -2.43. The van der Waals surface area contributed by atoms with Crippen molar-refractivity contribution >= 4 is 18.2 Å². The molecule has 0 aromatic rings. The van der Waals surface area contributed by atoms with Gasteiger partial charge in [-0.25, -0.2) is 0 Å². The summed E-state index contributed by atoms with van der Waals surface area (Å²) in [6.45, 7) is 8.67. The van der Waals surface area contributed by atoms with Crippen LogP contribution in [-0.2, 0) is 28.6 Å². The van der Waals surface area contributed by atoms with E-state index in [-0.39, 0.29) is 30.3 Å². The minimum Gasteiger partial charge on any atom is -0.462 e. The smallest absolute Gasteiger partial charge is 0.303 e. The maximum Gasteiger partial charge on any atom is 0.303 e. The van der Waals surface area contributed by atoms with Gasteiger partial charge in [-0.2, -0.15) is 0 Å². The number of fused-ring (bicyclic) bond motifs is 1. The third kappa shape index (κ3) is 4.69. The highest BCUT2D eigenvalue weighted by atomic mass is 16.6. The minimum absolute atomic E-state index is 0.0677. The van der Waals surface area contributed by atoms with E-state index >= 15 is 0 Å². The minimum atomic E-state index is -0.897. The van der Waals surface area contributed by atoms with Crippen LogP contribution >= 0.6 is 0 Å². The number of allylic oxidation sites excluding steroid dienone is 1. The molecule has 1 aliphatic heterocycles. The Labute approximate surface area is 148 Å². The molecule has 1 heterocycles. The zero-order valence-electron chi connectivity index (χ0n) is 15.6. The average Bonchev–Trinajstić information content (AvgIpc) is 3.16. The van der Waals surface area contributed by atoms with Gasteiger partial charge in [0.05, 0.1) is 6.10 Å². The van der Waals surface area contributed by atoms with Crippen molar-refractivity contribution in [2.75, 3.05) is 0 Å². The number of aldehydes is 1. The van der Waals surface area contributed by atoms with E-state index in [1.165, 1.54) is 13.8 Å². The van der Waals surface area contributed by atoms with Crippen molar-refractivity contribution in [3.05, 3.63) is 11.6 Å². The first-order valence-electron chi connectivity index (χ1n) is 8.84. The van der Waals surface area contributed by atoms with Gasteiger partial charge in [0, 0.05) is 26.2 Å². The van der Waals surface area contributed by atoms with Gasteiger partial charge in [-0.05, 0) is 31.8 Å². The molecule has 0 spiro atoms. The Hall–Kier alpha value is -1.69. The summed E-state index contributed by atoms with van der Waals surface area (Å²) in [5, 5.41) is 0. The first-order chi connectivity index (χ1) is 11.7. The van der Waals surface area contributed by atoms with Crippen LogP contribution in [0.25, 0.3) is 0 Å². The molecule has 0 N–H and O–H groups in total. The van der Waals surface area contributed by atoms with Crippen molar-refractivity contribution in [3.8, 4) is 0 Å². The van der Waals surface area contributed by atoms with Crippen LogP contribution in [0.1, 0.15) is 53.9 Å². The predicted octanol–water partition coefficient (Wildman–Crippen LogP) is 2.59. The molecule has 1 fully saturated rings. The first-order valence-corrected chi connectivity index (χ1v) is 8.84. The number of hydrogen-bond acceptors (Lipinski definition) is 6. The van der Waals surface area contributed by atoms with Gasteiger partial charge in [-0.3, -0.25) is 9.59 Å². The van der Waals surface area contributed by atoms with Crippen molar-refractivity contribution < 1.29 is 28.6 Å². The molecule has 6 heteroatoms. The van der Waals surface area contributed by atoms with Gasteiger partial charge in [-0.1, -0.05) is 19.4 Å². The molecule has 2 aliphatic rings. The van der Waals surface area contributed by atoms with E-state index in [4.69, 9.17) is 14.2 Å². The second-order valence-corrected chi connectivity index (χ2v) is 7.48. The lowest BCUT2D eigenvalue weighted by atomic mass is 9.78. The molecule has 0 saturated carbocycles. The summed E-state index contributed by atoms with van der Waals surface area (Å²) in [7, 11) is 0. The van der Waals surface area contributed by atoms with Crippen molar-refractivity contribution in [2.24, 2.45) is 11.8 Å². The molecule has 5 atom stereocenters. The lowest BCUT2D eigenvalue weighted by molar-refractivity contribution is -0.160. The van der Waals surface area contributed by atoms with E-state index in [0.717, 1.165) is 18.3 Å². The number of hydrogen-bond donors (Lipinski definition) is 0. The van der Waals surface area contributed by atoms with Gasteiger partial charge in [0.15, 0.2) is 11.9 Å². The maximum absolute atomic E-state index is 11.7. The Morgan fingerprint density at radius 2 is 1.92 bits per heavy atom. The summed E-state index contributed by atoms with van der Waals surface area (Å²) >= 11 is 0. The van der Waals surface area contributed by atoms with Crippen LogP contribution in [-0.4, -0.2) is 42.1 Å². The van der Waals surface area contributed by atoms with Crippen LogP contribution in [0.2, 0.25) is 0 Å². The molecule has 2 rings (SSSR count). The zero-order valence-corrected chi connectivity index (χ0v) is 15.6. The summed E-state index contributed by atoms with van der Waals surface area (Å²) in [5.41, 5.74) is 0.168. The van der Waals surface area contributed by atoms with Crippen molar-refractivity contribution in [1.82, 2.24) is 0 Å². The van der Waals surface area contributed by atoms with Gasteiger partial charge in [0.1, 0.15) is 12.2 Å². The summed E-state index contributed by atoms with van der Waals surface area (Å²) in [6.07, 6.45) is 3.30. The highest BCUT2D eigenvalue weighted by molar-refractivity contribution is 5.69. The second kappa shape index (κ2) is 7.68. The average molecular weight is 352 g/mol. The molecular weight excluding hydrogens is 324 g/mol. The fourth-order valence-electron chi connectivity index (χ4n) is 3.81. The summed E-state index contributed by atoms with van der Waals surface area (Å²) < 4.78 is 16.8. The van der Waals surface area contributed by atoms with Crippen LogP contribution in [0, 0.1) is 11.8 Å². The third-order valence-corrected chi connectivity index (χ3v) is 5.02. The third-order valence-electron chi connectivity index (χ3n) is 5.02. The van der Waals surface area contributed by atoms with E-state index < -0.39 is 23.8 Å². The Morgan fingerprint density at radius 3 is 2.44 bits per heavy atom. The number of carbonyl (C=O) groups excluding carboxylic acids is 3. The second-order valence-electron chi connectivity index (χ2n) is 7.48. The lowest BCUT2D eigenvalue weighted by Gasteiger charge is -2.35. The number of rotatable bonds is 4. The number of esters is 2. The molecule has 1 saturated heterocycles. The highest BCUT2D eigenvalue weighted by Crippen LogP contribution is 2.45. The van der Waals surface area contributed by atoms with Crippen LogP contribution in [0.3, 0.4) is 0 Å². The normalized spacial score (nSPS) is 37.3. The van der Waals surface area contributed by atoms with Crippen molar-refractivity contribution in [1.29, 1.82) is 0 Å².